The molecule has 0 aliphatic heterocycles. The third kappa shape index (κ3) is 4.48. The Morgan fingerprint density at radius 2 is 0.981 bits per heavy atom. The number of thiophene rings is 2. The number of nitrogens with zero attached hydrogens (tertiary/aromatic N) is 1. The van der Waals surface area contributed by atoms with Gasteiger partial charge in [0, 0.05) is 45.7 Å². The van der Waals surface area contributed by atoms with Crippen LogP contribution in [0.4, 0.5) is 17.1 Å². The number of rotatable bonds is 5. The third-order valence-electron chi connectivity index (χ3n) is 10.3. The van der Waals surface area contributed by atoms with Crippen LogP contribution in [0.5, 0.6) is 0 Å². The van der Waals surface area contributed by atoms with Gasteiger partial charge in [-0.1, -0.05) is 127 Å². The van der Waals surface area contributed by atoms with Crippen LogP contribution in [0.3, 0.4) is 0 Å². The number of hydrogen-bond acceptors (Lipinski definition) is 4. The van der Waals surface area contributed by atoms with Gasteiger partial charge in [0.1, 0.15) is 11.2 Å². The second-order valence-corrected chi connectivity index (χ2v) is 15.4. The first-order valence-corrected chi connectivity index (χ1v) is 19.1. The Hall–Kier alpha value is -6.20. The van der Waals surface area contributed by atoms with Crippen LogP contribution in [0.2, 0.25) is 0 Å². The quantitative estimate of drug-likeness (QED) is 0.178. The normalized spacial score (nSPS) is 11.8. The first-order valence-electron chi connectivity index (χ1n) is 17.5. The standard InChI is InChI=1S/C48H29NOS2/c1-3-14-30(15-4-1)32-28-39(46-35-19-8-11-24-42(35)51-44(46)29-32)49(37-21-13-23-41-45(37)34-18-7-10-22-40(34)50-41)38-27-26-33(31-16-5-2-6-17-31)48-47(38)36-20-9-12-25-43(36)52-48/h1-29H. The molecule has 244 valence electrons. The van der Waals surface area contributed by atoms with E-state index in [1.807, 2.05) is 22.7 Å². The van der Waals surface area contributed by atoms with Crippen molar-refractivity contribution in [2.75, 3.05) is 4.90 Å². The zero-order chi connectivity index (χ0) is 34.2. The van der Waals surface area contributed by atoms with Crippen molar-refractivity contribution in [2.24, 2.45) is 0 Å². The number of furan rings is 1. The summed E-state index contributed by atoms with van der Waals surface area (Å²) in [6.07, 6.45) is 0. The molecule has 4 heteroatoms. The Labute approximate surface area is 308 Å². The highest BCUT2D eigenvalue weighted by Crippen LogP contribution is 2.53. The highest BCUT2D eigenvalue weighted by molar-refractivity contribution is 7.26. The third-order valence-corrected chi connectivity index (χ3v) is 12.6. The molecule has 11 aromatic rings. The summed E-state index contributed by atoms with van der Waals surface area (Å²) in [4.78, 5) is 2.54. The van der Waals surface area contributed by atoms with E-state index in [0.29, 0.717) is 0 Å². The Morgan fingerprint density at radius 1 is 0.365 bits per heavy atom. The number of hydrogen-bond donors (Lipinski definition) is 0. The molecule has 2 nitrogen and oxygen atoms in total. The maximum absolute atomic E-state index is 6.55. The van der Waals surface area contributed by atoms with Crippen LogP contribution < -0.4 is 4.90 Å². The minimum absolute atomic E-state index is 0.877. The molecule has 0 saturated heterocycles. The van der Waals surface area contributed by atoms with Crippen molar-refractivity contribution in [1.82, 2.24) is 0 Å². The fourth-order valence-corrected chi connectivity index (χ4v) is 10.4. The summed E-state index contributed by atoms with van der Waals surface area (Å²) >= 11 is 3.74. The molecule has 0 N–H and O–H groups in total. The van der Waals surface area contributed by atoms with Gasteiger partial charge in [-0.15, -0.1) is 22.7 Å². The lowest BCUT2D eigenvalue weighted by Gasteiger charge is -2.29. The summed E-state index contributed by atoms with van der Waals surface area (Å²) in [6.45, 7) is 0. The molecule has 0 radical (unpaired) electrons. The van der Waals surface area contributed by atoms with E-state index in [2.05, 4.69) is 181 Å². The van der Waals surface area contributed by atoms with Crippen molar-refractivity contribution in [3.63, 3.8) is 0 Å². The Morgan fingerprint density at radius 3 is 1.77 bits per heavy atom. The van der Waals surface area contributed by atoms with Gasteiger partial charge in [-0.25, -0.2) is 0 Å². The van der Waals surface area contributed by atoms with Gasteiger partial charge in [0.2, 0.25) is 0 Å². The van der Waals surface area contributed by atoms with Crippen LogP contribution in [0.15, 0.2) is 180 Å². The topological polar surface area (TPSA) is 16.4 Å². The number of fused-ring (bicyclic) bond motifs is 9. The summed E-state index contributed by atoms with van der Waals surface area (Å²) in [5.74, 6) is 0. The van der Waals surface area contributed by atoms with E-state index in [1.165, 1.54) is 62.6 Å². The van der Waals surface area contributed by atoms with Crippen molar-refractivity contribution in [3.05, 3.63) is 176 Å². The number of para-hydroxylation sites is 1. The van der Waals surface area contributed by atoms with Crippen LogP contribution in [-0.4, -0.2) is 0 Å². The molecule has 11 rings (SSSR count). The van der Waals surface area contributed by atoms with E-state index < -0.39 is 0 Å². The molecule has 0 fully saturated rings. The molecule has 0 unspecified atom stereocenters. The fraction of sp³-hybridized carbons (Fsp3) is 0. The zero-order valence-electron chi connectivity index (χ0n) is 27.9. The van der Waals surface area contributed by atoms with Crippen molar-refractivity contribution < 1.29 is 4.42 Å². The van der Waals surface area contributed by atoms with Crippen LogP contribution in [-0.2, 0) is 0 Å². The lowest BCUT2D eigenvalue weighted by molar-refractivity contribution is 0.669. The average Bonchev–Trinajstić information content (AvgIpc) is 3.90. The molecule has 3 aromatic heterocycles. The molecule has 0 aliphatic carbocycles. The van der Waals surface area contributed by atoms with Gasteiger partial charge >= 0.3 is 0 Å². The maximum Gasteiger partial charge on any atom is 0.137 e. The van der Waals surface area contributed by atoms with Gasteiger partial charge in [0.25, 0.3) is 0 Å². The van der Waals surface area contributed by atoms with Crippen molar-refractivity contribution in [1.29, 1.82) is 0 Å². The van der Waals surface area contributed by atoms with Gasteiger partial charge in [-0.05, 0) is 70.8 Å². The minimum Gasteiger partial charge on any atom is -0.456 e. The lowest BCUT2D eigenvalue weighted by Crippen LogP contribution is -2.11. The SMILES string of the molecule is c1ccc(-c2cc(N(c3cccc4oc5ccccc5c34)c3ccc(-c4ccccc4)c4sc5ccccc5c34)c3c(c2)sc2ccccc23)cc1. The maximum atomic E-state index is 6.55. The zero-order valence-corrected chi connectivity index (χ0v) is 29.5. The van der Waals surface area contributed by atoms with Gasteiger partial charge < -0.3 is 9.32 Å². The van der Waals surface area contributed by atoms with Crippen LogP contribution in [0.25, 0.3) is 84.5 Å². The highest BCUT2D eigenvalue weighted by atomic mass is 32.1. The predicted octanol–water partition coefficient (Wildman–Crippen LogP) is 15.1. The molecule has 0 saturated carbocycles. The van der Waals surface area contributed by atoms with E-state index >= 15 is 0 Å². The molecule has 3 heterocycles. The first-order chi connectivity index (χ1) is 25.8. The molecule has 8 aromatic carbocycles. The Balaban J connectivity index is 1.34. The molecule has 0 amide bonds. The molecular formula is C48H29NOS2. The lowest BCUT2D eigenvalue weighted by atomic mass is 9.97. The number of anilines is 3. The largest absolute Gasteiger partial charge is 0.456 e. The first kappa shape index (κ1) is 29.5. The van der Waals surface area contributed by atoms with Crippen molar-refractivity contribution in [2.45, 2.75) is 0 Å². The molecular weight excluding hydrogens is 671 g/mol. The summed E-state index contributed by atoms with van der Waals surface area (Å²) in [7, 11) is 0. The van der Waals surface area contributed by atoms with Crippen LogP contribution in [0.1, 0.15) is 0 Å². The van der Waals surface area contributed by atoms with E-state index in [9.17, 15) is 0 Å². The van der Waals surface area contributed by atoms with Crippen LogP contribution >= 0.6 is 22.7 Å². The molecule has 52 heavy (non-hydrogen) atoms. The second kappa shape index (κ2) is 11.7. The second-order valence-electron chi connectivity index (χ2n) is 13.2. The summed E-state index contributed by atoms with van der Waals surface area (Å²) in [6, 6.07) is 63.7. The smallest absolute Gasteiger partial charge is 0.137 e. The number of benzene rings is 8. The predicted molar refractivity (Wildman–Crippen MR) is 225 cm³/mol. The Bertz CT molecular complexity index is 3130. The van der Waals surface area contributed by atoms with Gasteiger partial charge in [-0.3, -0.25) is 0 Å². The molecule has 0 bridgehead atoms. The van der Waals surface area contributed by atoms with E-state index in [-0.39, 0.29) is 0 Å². The minimum atomic E-state index is 0.877. The molecule has 0 aliphatic rings. The summed E-state index contributed by atoms with van der Waals surface area (Å²) in [5, 5.41) is 7.25. The molecule has 0 atom stereocenters. The highest BCUT2D eigenvalue weighted by Gasteiger charge is 2.27. The van der Waals surface area contributed by atoms with Gasteiger partial charge in [-0.2, -0.15) is 0 Å². The monoisotopic (exact) mass is 699 g/mol. The van der Waals surface area contributed by atoms with E-state index in [4.69, 9.17) is 4.42 Å². The van der Waals surface area contributed by atoms with Crippen molar-refractivity contribution in [3.8, 4) is 22.3 Å². The summed E-state index contributed by atoms with van der Waals surface area (Å²) < 4.78 is 11.6. The Kier molecular flexibility index (Phi) is 6.63. The van der Waals surface area contributed by atoms with E-state index in [1.54, 1.807) is 0 Å². The van der Waals surface area contributed by atoms with Gasteiger partial charge in [0.15, 0.2) is 0 Å². The van der Waals surface area contributed by atoms with Crippen molar-refractivity contribution >= 4 is 102 Å². The van der Waals surface area contributed by atoms with Gasteiger partial charge in [0.05, 0.1) is 22.4 Å². The van der Waals surface area contributed by atoms with E-state index in [0.717, 1.165) is 39.0 Å². The fourth-order valence-electron chi connectivity index (χ4n) is 7.98. The van der Waals surface area contributed by atoms with Crippen LogP contribution in [0, 0.1) is 0 Å². The molecule has 0 spiro atoms. The average molecular weight is 700 g/mol. The summed E-state index contributed by atoms with van der Waals surface area (Å²) in [5.41, 5.74) is 10.0.